The number of esters is 1. The van der Waals surface area contributed by atoms with E-state index in [1.165, 1.54) is 24.3 Å². The lowest BCUT2D eigenvalue weighted by Crippen LogP contribution is -2.45. The van der Waals surface area contributed by atoms with Gasteiger partial charge in [-0.15, -0.1) is 0 Å². The van der Waals surface area contributed by atoms with Gasteiger partial charge in [0, 0.05) is 12.1 Å². The van der Waals surface area contributed by atoms with E-state index in [-0.39, 0.29) is 24.6 Å². The van der Waals surface area contributed by atoms with Crippen molar-refractivity contribution < 1.29 is 41.3 Å². The Morgan fingerprint density at radius 1 is 1.38 bits per heavy atom. The molecule has 154 valence electrons. The van der Waals surface area contributed by atoms with E-state index >= 15 is 0 Å². The number of ether oxygens (including phenoxy) is 1. The molecule has 2 bridgehead atoms. The average Bonchev–Trinajstić information content (AvgIpc) is 3.37. The topological polar surface area (TPSA) is 128 Å². The van der Waals surface area contributed by atoms with Gasteiger partial charge < -0.3 is 23.0 Å². The minimum atomic E-state index is -4.48. The highest BCUT2D eigenvalue weighted by Crippen LogP contribution is 2.35. The largest absolute Gasteiger partial charge is 0.519 e. The van der Waals surface area contributed by atoms with Gasteiger partial charge in [-0.2, -0.15) is 18.7 Å². The van der Waals surface area contributed by atoms with Crippen molar-refractivity contribution in [3.05, 3.63) is 46.2 Å². The summed E-state index contributed by atoms with van der Waals surface area (Å²) < 4.78 is 46.9. The summed E-state index contributed by atoms with van der Waals surface area (Å²) in [5, 5.41) is 3.98. The molecule has 0 N–H and O–H groups in total. The second kappa shape index (κ2) is 6.84. The Morgan fingerprint density at radius 3 is 2.83 bits per heavy atom. The van der Waals surface area contributed by atoms with Gasteiger partial charge in [-0.3, -0.25) is 0 Å². The molecule has 2 aliphatic rings. The summed E-state index contributed by atoms with van der Waals surface area (Å²) in [7, 11) is 0. The number of nitrogens with zero attached hydrogens (tertiary/aromatic N) is 3. The van der Waals surface area contributed by atoms with Crippen LogP contribution in [0.15, 0.2) is 36.7 Å². The summed E-state index contributed by atoms with van der Waals surface area (Å²) in [5.41, 5.74) is 0.989. The van der Waals surface area contributed by atoms with Crippen LogP contribution in [-0.4, -0.2) is 52.4 Å². The summed E-state index contributed by atoms with van der Waals surface area (Å²) in [6.45, 7) is 0.814. The van der Waals surface area contributed by atoms with Crippen molar-refractivity contribution >= 4 is 17.6 Å². The first-order valence-corrected chi connectivity index (χ1v) is 8.28. The number of carbonyl (C=O) groups is 2. The number of rotatable bonds is 6. The SMILES string of the molecule is Cc1oc(=O)oc1COC(=O)C(F)(F)ON1C(=O)N2CC=C(c3cnoc3)C1C2. The molecule has 29 heavy (non-hydrogen) atoms. The zero-order valence-corrected chi connectivity index (χ0v) is 14.8. The number of aryl methyl sites for hydroxylation is 1. The second-order valence-corrected chi connectivity index (χ2v) is 6.22. The first-order chi connectivity index (χ1) is 13.8. The molecule has 2 aromatic rings. The predicted octanol–water partition coefficient (Wildman–Crippen LogP) is 1.30. The normalized spacial score (nSPS) is 18.9. The van der Waals surface area contributed by atoms with Gasteiger partial charge in [0.1, 0.15) is 12.3 Å². The molecule has 0 radical (unpaired) electrons. The molecule has 2 aromatic heterocycles. The lowest BCUT2D eigenvalue weighted by Gasteiger charge is -2.26. The molecule has 1 atom stereocenters. The van der Waals surface area contributed by atoms with Gasteiger partial charge in [-0.05, 0) is 12.5 Å². The minimum Gasteiger partial charge on any atom is -0.451 e. The molecular formula is C16H13F2N3O8. The zero-order valence-electron chi connectivity index (χ0n) is 14.8. The fraction of sp³-hybridized carbons (Fsp3) is 0.375. The number of hydroxylamine groups is 2. The molecule has 2 amide bonds. The van der Waals surface area contributed by atoms with Crippen molar-refractivity contribution in [1.82, 2.24) is 15.1 Å². The number of aromatic nitrogens is 1. The van der Waals surface area contributed by atoms with E-state index < -0.39 is 36.6 Å². The smallest absolute Gasteiger partial charge is 0.451 e. The second-order valence-electron chi connectivity index (χ2n) is 6.22. The molecule has 0 aliphatic carbocycles. The molecule has 0 aromatic carbocycles. The van der Waals surface area contributed by atoms with Gasteiger partial charge in [0.05, 0.1) is 12.7 Å². The standard InChI is InChI=1S/C16H13F2N3O8/c1-8-12(28-15(24)27-8)7-25-13(22)16(17,18)29-21-11-5-20(14(21)23)3-2-10(11)9-4-19-26-6-9/h2,4,6,11H,3,5,7H2,1H3. The monoisotopic (exact) mass is 413 g/mol. The third-order valence-electron chi connectivity index (χ3n) is 4.41. The number of urea groups is 1. The molecule has 1 fully saturated rings. The van der Waals surface area contributed by atoms with Crippen molar-refractivity contribution in [3.8, 4) is 0 Å². The lowest BCUT2D eigenvalue weighted by atomic mass is 9.99. The van der Waals surface area contributed by atoms with E-state index in [9.17, 15) is 23.2 Å². The van der Waals surface area contributed by atoms with E-state index in [0.29, 0.717) is 16.2 Å². The van der Waals surface area contributed by atoms with Crippen LogP contribution in [0.3, 0.4) is 0 Å². The van der Waals surface area contributed by atoms with Gasteiger partial charge in [-0.1, -0.05) is 11.2 Å². The van der Waals surface area contributed by atoms with Crippen molar-refractivity contribution in [2.45, 2.75) is 25.7 Å². The van der Waals surface area contributed by atoms with Gasteiger partial charge in [0.2, 0.25) is 0 Å². The van der Waals surface area contributed by atoms with E-state index in [0.717, 1.165) is 0 Å². The summed E-state index contributed by atoms with van der Waals surface area (Å²) >= 11 is 0. The van der Waals surface area contributed by atoms with Crippen molar-refractivity contribution in [2.75, 3.05) is 13.1 Å². The van der Waals surface area contributed by atoms with Gasteiger partial charge in [-0.25, -0.2) is 14.4 Å². The fourth-order valence-corrected chi connectivity index (χ4v) is 3.00. The number of halogens is 2. The van der Waals surface area contributed by atoms with E-state index in [1.807, 2.05) is 0 Å². The molecule has 0 saturated carbocycles. The zero-order chi connectivity index (χ0) is 20.8. The Hall–Kier alpha value is -3.48. The molecule has 4 heterocycles. The molecule has 0 spiro atoms. The van der Waals surface area contributed by atoms with Gasteiger partial charge >= 0.3 is 23.9 Å². The Morgan fingerprint density at radius 2 is 2.17 bits per heavy atom. The number of hydrogen-bond acceptors (Lipinski definition) is 9. The van der Waals surface area contributed by atoms with Crippen LogP contribution in [0.4, 0.5) is 13.6 Å². The highest BCUT2D eigenvalue weighted by Gasteiger charge is 2.52. The summed E-state index contributed by atoms with van der Waals surface area (Å²) in [6.07, 6.45) is -0.153. The van der Waals surface area contributed by atoms with Crippen molar-refractivity contribution in [2.24, 2.45) is 0 Å². The predicted molar refractivity (Wildman–Crippen MR) is 84.9 cm³/mol. The van der Waals surface area contributed by atoms with Crippen LogP contribution < -0.4 is 5.82 Å². The van der Waals surface area contributed by atoms with Crippen LogP contribution in [0.5, 0.6) is 0 Å². The number of carbonyl (C=O) groups excluding carboxylic acids is 2. The Balaban J connectivity index is 1.47. The van der Waals surface area contributed by atoms with Crippen LogP contribution in [-0.2, 0) is 21.0 Å². The molecule has 1 saturated heterocycles. The molecule has 1 unspecified atom stereocenters. The lowest BCUT2D eigenvalue weighted by molar-refractivity contribution is -0.326. The first kappa shape index (κ1) is 18.9. The third-order valence-corrected chi connectivity index (χ3v) is 4.41. The number of amides is 2. The summed E-state index contributed by atoms with van der Waals surface area (Å²) in [4.78, 5) is 40.8. The molecule has 2 aliphatic heterocycles. The average molecular weight is 413 g/mol. The Labute approximate surface area is 160 Å². The maximum atomic E-state index is 14.3. The number of hydrogen-bond donors (Lipinski definition) is 0. The Kier molecular flexibility index (Phi) is 4.45. The molecule has 4 rings (SSSR count). The first-order valence-electron chi connectivity index (χ1n) is 8.28. The van der Waals surface area contributed by atoms with E-state index in [1.54, 1.807) is 6.08 Å². The highest BCUT2D eigenvalue weighted by atomic mass is 19.3. The summed E-state index contributed by atoms with van der Waals surface area (Å²) in [6, 6.07) is -1.73. The van der Waals surface area contributed by atoms with Crippen LogP contribution >= 0.6 is 0 Å². The van der Waals surface area contributed by atoms with Crippen molar-refractivity contribution in [3.63, 3.8) is 0 Å². The van der Waals surface area contributed by atoms with E-state index in [4.69, 9.17) is 4.52 Å². The van der Waals surface area contributed by atoms with Gasteiger partial charge in [0.25, 0.3) is 0 Å². The van der Waals surface area contributed by atoms with Crippen LogP contribution in [0.25, 0.3) is 5.57 Å². The maximum Gasteiger partial charge on any atom is 0.519 e. The third kappa shape index (κ3) is 3.40. The fourth-order valence-electron chi connectivity index (χ4n) is 3.00. The number of alkyl halides is 2. The van der Waals surface area contributed by atoms with Crippen LogP contribution in [0.2, 0.25) is 0 Å². The van der Waals surface area contributed by atoms with Crippen LogP contribution in [0.1, 0.15) is 17.1 Å². The van der Waals surface area contributed by atoms with Crippen LogP contribution in [0, 0.1) is 6.92 Å². The molecular weight excluding hydrogens is 400 g/mol. The highest BCUT2D eigenvalue weighted by molar-refractivity contribution is 5.85. The minimum absolute atomic E-state index is 0.0214. The summed E-state index contributed by atoms with van der Waals surface area (Å²) in [5.74, 6) is -3.38. The van der Waals surface area contributed by atoms with E-state index in [2.05, 4.69) is 23.6 Å². The molecule has 11 nitrogen and oxygen atoms in total. The Bertz CT molecular complexity index is 1030. The van der Waals surface area contributed by atoms with Gasteiger partial charge in [0.15, 0.2) is 18.1 Å². The maximum absolute atomic E-state index is 14.3. The quantitative estimate of drug-likeness (QED) is 0.644. The molecule has 13 heteroatoms. The number of fused-ring (bicyclic) bond motifs is 2. The van der Waals surface area contributed by atoms with Crippen molar-refractivity contribution in [1.29, 1.82) is 0 Å².